The van der Waals surface area contributed by atoms with Crippen LogP contribution in [0.15, 0.2) is 42.5 Å². The maximum absolute atomic E-state index is 11.9. The molecule has 0 radical (unpaired) electrons. The first-order valence-corrected chi connectivity index (χ1v) is 13.7. The number of rotatable bonds is 5. The van der Waals surface area contributed by atoms with Gasteiger partial charge in [0.1, 0.15) is 0 Å². The number of carboxylic acids is 1. The number of ether oxygens (including phenoxy) is 1. The maximum Gasteiger partial charge on any atom is 0.335 e. The number of benzene rings is 2. The molecule has 190 valence electrons. The molecule has 1 unspecified atom stereocenters. The molecule has 1 aliphatic carbocycles. The van der Waals surface area contributed by atoms with Crippen molar-refractivity contribution < 1.29 is 14.6 Å². The third-order valence-electron chi connectivity index (χ3n) is 8.47. The molecule has 36 heavy (non-hydrogen) atoms. The highest BCUT2D eigenvalue weighted by Gasteiger charge is 2.30. The van der Waals surface area contributed by atoms with Crippen LogP contribution in [-0.2, 0) is 11.3 Å². The highest BCUT2D eigenvalue weighted by Crippen LogP contribution is 2.47. The Hall–Kier alpha value is -2.83. The Morgan fingerprint density at radius 3 is 2.67 bits per heavy atom. The summed E-state index contributed by atoms with van der Waals surface area (Å²) in [4.78, 5) is 16.9. The lowest BCUT2D eigenvalue weighted by Gasteiger charge is -2.33. The smallest absolute Gasteiger partial charge is 0.335 e. The number of nitrogens with zero attached hydrogens (tertiary/aromatic N) is 3. The van der Waals surface area contributed by atoms with Crippen LogP contribution >= 0.6 is 0 Å². The molecule has 1 saturated carbocycles. The predicted molar refractivity (Wildman–Crippen MR) is 144 cm³/mol. The van der Waals surface area contributed by atoms with Crippen molar-refractivity contribution in [3.8, 4) is 11.3 Å². The Morgan fingerprint density at radius 2 is 1.86 bits per heavy atom. The van der Waals surface area contributed by atoms with E-state index in [0.29, 0.717) is 17.6 Å². The van der Waals surface area contributed by atoms with Gasteiger partial charge in [-0.1, -0.05) is 43.5 Å². The van der Waals surface area contributed by atoms with Crippen LogP contribution in [0.1, 0.15) is 60.9 Å². The number of aromatic nitrogens is 1. The number of hydrogen-bond donors (Lipinski definition) is 1. The van der Waals surface area contributed by atoms with Crippen LogP contribution in [-0.4, -0.2) is 66.0 Å². The average molecular weight is 488 g/mol. The van der Waals surface area contributed by atoms with Gasteiger partial charge in [0.05, 0.1) is 24.0 Å². The molecule has 0 amide bonds. The summed E-state index contributed by atoms with van der Waals surface area (Å²) in [5.41, 5.74) is 6.79. The van der Waals surface area contributed by atoms with Crippen molar-refractivity contribution in [1.29, 1.82) is 0 Å². The Kier molecular flexibility index (Phi) is 6.48. The molecule has 6 heteroatoms. The number of morpholine rings is 1. The summed E-state index contributed by atoms with van der Waals surface area (Å²) in [6.07, 6.45) is 6.59. The van der Waals surface area contributed by atoms with Gasteiger partial charge in [0.25, 0.3) is 0 Å². The standard InChI is InChI=1S/C30H37N3O3/c1-21-20-31(17-18-36-21)13-14-32-15-16-33-27-19-23(30(34)35)11-12-24(27)28(22-7-3-2-4-8-22)29(33)25-9-5-6-10-26(25)32/h5-6,9-12,19,21-22H,2-4,7-8,13-18,20H2,1H3,(H,34,35). The molecule has 3 heterocycles. The van der Waals surface area contributed by atoms with E-state index in [-0.39, 0.29) is 0 Å². The third kappa shape index (κ3) is 4.31. The molecule has 0 spiro atoms. The second-order valence-electron chi connectivity index (χ2n) is 10.8. The molecule has 1 saturated heterocycles. The molecule has 1 N–H and O–H groups in total. The zero-order valence-electron chi connectivity index (χ0n) is 21.3. The number of carboxylic acid groups (broad SMARTS) is 1. The number of hydrogen-bond acceptors (Lipinski definition) is 4. The van der Waals surface area contributed by atoms with E-state index in [4.69, 9.17) is 4.74 Å². The summed E-state index contributed by atoms with van der Waals surface area (Å²) >= 11 is 0. The van der Waals surface area contributed by atoms with Crippen LogP contribution in [0.25, 0.3) is 22.2 Å². The Morgan fingerprint density at radius 1 is 1.03 bits per heavy atom. The highest BCUT2D eigenvalue weighted by atomic mass is 16.5. The van der Waals surface area contributed by atoms with Crippen molar-refractivity contribution in [3.05, 3.63) is 53.6 Å². The van der Waals surface area contributed by atoms with Gasteiger partial charge in [-0.25, -0.2) is 4.79 Å². The second kappa shape index (κ2) is 9.91. The molecule has 2 aliphatic heterocycles. The lowest BCUT2D eigenvalue weighted by Crippen LogP contribution is -2.45. The SMILES string of the molecule is CC1CN(CCN2CCn3c(c(C4CCCCC4)c4ccc(C(=O)O)cc43)-c3ccccc32)CCO1. The second-order valence-corrected chi connectivity index (χ2v) is 10.8. The van der Waals surface area contributed by atoms with Gasteiger partial charge in [0.15, 0.2) is 0 Å². The van der Waals surface area contributed by atoms with Gasteiger partial charge in [-0.3, -0.25) is 4.90 Å². The molecule has 3 aliphatic rings. The molecule has 6 nitrogen and oxygen atoms in total. The van der Waals surface area contributed by atoms with Gasteiger partial charge in [0, 0.05) is 61.4 Å². The Balaban J connectivity index is 1.44. The number of fused-ring (bicyclic) bond motifs is 5. The quantitative estimate of drug-likeness (QED) is 0.508. The monoisotopic (exact) mass is 487 g/mol. The van der Waals surface area contributed by atoms with E-state index >= 15 is 0 Å². The first-order valence-electron chi connectivity index (χ1n) is 13.7. The lowest BCUT2D eigenvalue weighted by atomic mass is 9.81. The Bertz CT molecular complexity index is 1260. The number of carbonyl (C=O) groups is 1. The van der Waals surface area contributed by atoms with E-state index in [1.54, 1.807) is 6.07 Å². The summed E-state index contributed by atoms with van der Waals surface area (Å²) in [5, 5.41) is 11.0. The fourth-order valence-corrected chi connectivity index (χ4v) is 6.72. The molecule has 6 rings (SSSR count). The van der Waals surface area contributed by atoms with Crippen molar-refractivity contribution in [2.45, 2.75) is 57.6 Å². The Labute approximate surface area is 213 Å². The van der Waals surface area contributed by atoms with Gasteiger partial charge < -0.3 is 19.3 Å². The molecule has 2 aromatic carbocycles. The molecule has 3 aromatic rings. The van der Waals surface area contributed by atoms with Crippen LogP contribution in [0.3, 0.4) is 0 Å². The van der Waals surface area contributed by atoms with Crippen molar-refractivity contribution in [2.24, 2.45) is 0 Å². The lowest BCUT2D eigenvalue weighted by molar-refractivity contribution is -0.0171. The molecule has 1 aromatic heterocycles. The number of anilines is 1. The maximum atomic E-state index is 11.9. The van der Waals surface area contributed by atoms with Crippen LogP contribution in [0.5, 0.6) is 0 Å². The van der Waals surface area contributed by atoms with Crippen molar-refractivity contribution in [2.75, 3.05) is 44.2 Å². The fraction of sp³-hybridized carbons (Fsp3) is 0.500. The summed E-state index contributed by atoms with van der Waals surface area (Å²) < 4.78 is 8.18. The number of para-hydroxylation sites is 1. The minimum atomic E-state index is -0.859. The van der Waals surface area contributed by atoms with Gasteiger partial charge >= 0.3 is 5.97 Å². The summed E-state index contributed by atoms with van der Waals surface area (Å²) in [5.74, 6) is -0.329. The van der Waals surface area contributed by atoms with Gasteiger partial charge in [-0.05, 0) is 49.4 Å². The van der Waals surface area contributed by atoms with E-state index in [0.717, 1.165) is 51.4 Å². The fourth-order valence-electron chi connectivity index (χ4n) is 6.72. The van der Waals surface area contributed by atoms with Crippen LogP contribution in [0, 0.1) is 0 Å². The van der Waals surface area contributed by atoms with Crippen molar-refractivity contribution in [3.63, 3.8) is 0 Å². The molecular formula is C30H37N3O3. The normalized spacial score (nSPS) is 21.2. The zero-order valence-corrected chi connectivity index (χ0v) is 21.3. The minimum absolute atomic E-state index is 0.295. The predicted octanol–water partition coefficient (Wildman–Crippen LogP) is 5.59. The van der Waals surface area contributed by atoms with Gasteiger partial charge in [-0.15, -0.1) is 0 Å². The minimum Gasteiger partial charge on any atom is -0.478 e. The van der Waals surface area contributed by atoms with E-state index in [1.807, 2.05) is 6.07 Å². The third-order valence-corrected chi connectivity index (χ3v) is 8.47. The summed E-state index contributed by atoms with van der Waals surface area (Å²) in [6, 6.07) is 14.6. The largest absolute Gasteiger partial charge is 0.478 e. The average Bonchev–Trinajstić information content (AvgIpc) is 3.13. The first-order chi connectivity index (χ1) is 17.6. The summed E-state index contributed by atoms with van der Waals surface area (Å²) in [7, 11) is 0. The van der Waals surface area contributed by atoms with Crippen LogP contribution < -0.4 is 4.90 Å². The van der Waals surface area contributed by atoms with E-state index in [2.05, 4.69) is 51.6 Å². The van der Waals surface area contributed by atoms with Crippen molar-refractivity contribution >= 4 is 22.6 Å². The molecular weight excluding hydrogens is 450 g/mol. The van der Waals surface area contributed by atoms with Crippen LogP contribution in [0.4, 0.5) is 5.69 Å². The highest BCUT2D eigenvalue weighted by molar-refractivity contribution is 5.99. The molecule has 1 atom stereocenters. The van der Waals surface area contributed by atoms with Crippen LogP contribution in [0.2, 0.25) is 0 Å². The molecule has 0 bridgehead atoms. The van der Waals surface area contributed by atoms with Crippen molar-refractivity contribution in [1.82, 2.24) is 9.47 Å². The van der Waals surface area contributed by atoms with E-state index in [9.17, 15) is 9.90 Å². The first kappa shape index (κ1) is 23.6. The zero-order chi connectivity index (χ0) is 24.6. The van der Waals surface area contributed by atoms with E-state index < -0.39 is 5.97 Å². The topological polar surface area (TPSA) is 57.9 Å². The van der Waals surface area contributed by atoms with Gasteiger partial charge in [-0.2, -0.15) is 0 Å². The van der Waals surface area contributed by atoms with Gasteiger partial charge in [0.2, 0.25) is 0 Å². The molecule has 2 fully saturated rings. The number of aromatic carboxylic acids is 1. The summed E-state index contributed by atoms with van der Waals surface area (Å²) in [6.45, 7) is 8.72. The van der Waals surface area contributed by atoms with E-state index in [1.165, 1.54) is 60.0 Å².